The van der Waals surface area contributed by atoms with Crippen LogP contribution in [0.5, 0.6) is 0 Å². The zero-order chi connectivity index (χ0) is 12.1. The molecule has 0 rings (SSSR count). The van der Waals surface area contributed by atoms with Gasteiger partial charge in [0.15, 0.2) is 0 Å². The standard InChI is InChI=1S/C11H25NO2S/c1-6-7-10(2)12-11(3,4)8-9-15(5,13)14/h10,12H,6-9H2,1-5H3. The molecule has 0 saturated heterocycles. The molecule has 0 heterocycles. The van der Waals surface area contributed by atoms with Gasteiger partial charge in [0.2, 0.25) is 0 Å². The highest BCUT2D eigenvalue weighted by atomic mass is 32.2. The van der Waals surface area contributed by atoms with Gasteiger partial charge in [0.1, 0.15) is 9.84 Å². The third-order valence-electron chi connectivity index (χ3n) is 2.46. The van der Waals surface area contributed by atoms with Crippen LogP contribution in [-0.4, -0.2) is 32.0 Å². The first-order chi connectivity index (χ1) is 6.66. The second-order valence-corrected chi connectivity index (χ2v) is 7.36. The molecule has 4 heteroatoms. The summed E-state index contributed by atoms with van der Waals surface area (Å²) in [5.74, 6) is 0.256. The Labute approximate surface area is 94.6 Å². The Balaban J connectivity index is 4.07. The maximum absolute atomic E-state index is 11.1. The quantitative estimate of drug-likeness (QED) is 0.734. The molecule has 0 amide bonds. The summed E-state index contributed by atoms with van der Waals surface area (Å²) in [6.45, 7) is 8.42. The van der Waals surface area contributed by atoms with E-state index in [4.69, 9.17) is 0 Å². The molecule has 0 aromatic heterocycles. The van der Waals surface area contributed by atoms with Crippen LogP contribution in [0.15, 0.2) is 0 Å². The van der Waals surface area contributed by atoms with Crippen molar-refractivity contribution in [2.24, 2.45) is 0 Å². The summed E-state index contributed by atoms with van der Waals surface area (Å²) >= 11 is 0. The lowest BCUT2D eigenvalue weighted by Gasteiger charge is -2.30. The van der Waals surface area contributed by atoms with Gasteiger partial charge in [-0.1, -0.05) is 13.3 Å². The molecule has 0 radical (unpaired) electrons. The molecule has 0 aromatic rings. The van der Waals surface area contributed by atoms with Gasteiger partial charge in [0.25, 0.3) is 0 Å². The van der Waals surface area contributed by atoms with Crippen LogP contribution >= 0.6 is 0 Å². The van der Waals surface area contributed by atoms with Crippen molar-refractivity contribution in [3.05, 3.63) is 0 Å². The molecule has 0 bridgehead atoms. The van der Waals surface area contributed by atoms with Gasteiger partial charge in [-0.05, 0) is 33.6 Å². The second-order valence-electron chi connectivity index (χ2n) is 5.10. The molecule has 0 aliphatic rings. The predicted molar refractivity (Wildman–Crippen MR) is 65.9 cm³/mol. The molecule has 92 valence electrons. The van der Waals surface area contributed by atoms with Crippen LogP contribution in [0, 0.1) is 0 Å². The normalized spacial score (nSPS) is 15.3. The second kappa shape index (κ2) is 5.85. The van der Waals surface area contributed by atoms with Crippen LogP contribution in [0.3, 0.4) is 0 Å². The summed E-state index contributed by atoms with van der Waals surface area (Å²) in [6, 6.07) is 0.449. The topological polar surface area (TPSA) is 46.2 Å². The summed E-state index contributed by atoms with van der Waals surface area (Å²) < 4.78 is 22.1. The van der Waals surface area contributed by atoms with Crippen molar-refractivity contribution < 1.29 is 8.42 Å². The van der Waals surface area contributed by atoms with E-state index in [-0.39, 0.29) is 11.3 Å². The van der Waals surface area contributed by atoms with E-state index >= 15 is 0 Å². The monoisotopic (exact) mass is 235 g/mol. The number of hydrogen-bond acceptors (Lipinski definition) is 3. The van der Waals surface area contributed by atoms with Gasteiger partial charge in [-0.2, -0.15) is 0 Å². The molecule has 1 unspecified atom stereocenters. The Kier molecular flexibility index (Phi) is 5.81. The van der Waals surface area contributed by atoms with E-state index in [9.17, 15) is 8.42 Å². The number of nitrogens with one attached hydrogen (secondary N) is 1. The number of hydrogen-bond donors (Lipinski definition) is 1. The Hall–Kier alpha value is -0.0900. The minimum Gasteiger partial charge on any atom is -0.309 e. The van der Waals surface area contributed by atoms with Gasteiger partial charge < -0.3 is 5.32 Å². The zero-order valence-corrected chi connectivity index (χ0v) is 11.4. The SMILES string of the molecule is CCCC(C)NC(C)(C)CCS(C)(=O)=O. The average molecular weight is 235 g/mol. The summed E-state index contributed by atoms with van der Waals surface area (Å²) in [5, 5.41) is 3.47. The molecule has 0 fully saturated rings. The van der Waals surface area contributed by atoms with E-state index < -0.39 is 9.84 Å². The first-order valence-electron chi connectivity index (χ1n) is 5.62. The van der Waals surface area contributed by atoms with Crippen LogP contribution in [0.2, 0.25) is 0 Å². The summed E-state index contributed by atoms with van der Waals surface area (Å²) in [7, 11) is -2.85. The van der Waals surface area contributed by atoms with Crippen LogP contribution in [0.1, 0.15) is 47.0 Å². The van der Waals surface area contributed by atoms with Gasteiger partial charge in [0, 0.05) is 17.8 Å². The summed E-state index contributed by atoms with van der Waals surface area (Å²) in [5.41, 5.74) is -0.0995. The molecule has 0 aromatic carbocycles. The van der Waals surface area contributed by atoms with Crippen molar-refractivity contribution in [2.75, 3.05) is 12.0 Å². The van der Waals surface area contributed by atoms with E-state index in [0.29, 0.717) is 12.5 Å². The van der Waals surface area contributed by atoms with Crippen molar-refractivity contribution in [1.82, 2.24) is 5.32 Å². The fraction of sp³-hybridized carbons (Fsp3) is 1.00. The molecule has 0 aliphatic carbocycles. The van der Waals surface area contributed by atoms with E-state index in [2.05, 4.69) is 33.0 Å². The lowest BCUT2D eigenvalue weighted by Crippen LogP contribution is -2.45. The third kappa shape index (κ3) is 8.88. The molecular weight excluding hydrogens is 210 g/mol. The van der Waals surface area contributed by atoms with Gasteiger partial charge in [-0.25, -0.2) is 8.42 Å². The summed E-state index contributed by atoms with van der Waals surface area (Å²) in [4.78, 5) is 0. The van der Waals surface area contributed by atoms with Gasteiger partial charge in [0.05, 0.1) is 5.75 Å². The highest BCUT2D eigenvalue weighted by Crippen LogP contribution is 2.12. The molecule has 0 spiro atoms. The largest absolute Gasteiger partial charge is 0.309 e. The lowest BCUT2D eigenvalue weighted by atomic mass is 9.99. The van der Waals surface area contributed by atoms with Gasteiger partial charge in [-0.15, -0.1) is 0 Å². The Morgan fingerprint density at radius 3 is 2.27 bits per heavy atom. The Bertz CT molecular complexity index is 270. The predicted octanol–water partition coefficient (Wildman–Crippen LogP) is 1.98. The van der Waals surface area contributed by atoms with Crippen molar-refractivity contribution in [3.63, 3.8) is 0 Å². The first kappa shape index (κ1) is 14.9. The van der Waals surface area contributed by atoms with E-state index in [1.54, 1.807) is 0 Å². The number of sulfone groups is 1. The third-order valence-corrected chi connectivity index (χ3v) is 3.40. The lowest BCUT2D eigenvalue weighted by molar-refractivity contribution is 0.324. The van der Waals surface area contributed by atoms with Crippen LogP contribution in [-0.2, 0) is 9.84 Å². The first-order valence-corrected chi connectivity index (χ1v) is 7.68. The average Bonchev–Trinajstić information content (AvgIpc) is 1.99. The van der Waals surface area contributed by atoms with Crippen LogP contribution < -0.4 is 5.32 Å². The maximum atomic E-state index is 11.1. The highest BCUT2D eigenvalue weighted by Gasteiger charge is 2.21. The van der Waals surface area contributed by atoms with E-state index in [0.717, 1.165) is 12.8 Å². The van der Waals surface area contributed by atoms with E-state index in [1.807, 2.05) is 0 Å². The molecule has 3 nitrogen and oxygen atoms in total. The molecule has 0 saturated carbocycles. The van der Waals surface area contributed by atoms with Crippen molar-refractivity contribution in [3.8, 4) is 0 Å². The van der Waals surface area contributed by atoms with Crippen molar-refractivity contribution in [1.29, 1.82) is 0 Å². The fourth-order valence-electron chi connectivity index (χ4n) is 1.68. The number of rotatable bonds is 7. The fourth-order valence-corrected chi connectivity index (χ4v) is 2.57. The van der Waals surface area contributed by atoms with Crippen molar-refractivity contribution >= 4 is 9.84 Å². The molecule has 15 heavy (non-hydrogen) atoms. The van der Waals surface area contributed by atoms with Gasteiger partial charge >= 0.3 is 0 Å². The zero-order valence-electron chi connectivity index (χ0n) is 10.6. The van der Waals surface area contributed by atoms with Crippen molar-refractivity contribution in [2.45, 2.75) is 58.5 Å². The van der Waals surface area contributed by atoms with E-state index in [1.165, 1.54) is 6.26 Å². The molecular formula is C11H25NO2S. The molecule has 1 N–H and O–H groups in total. The van der Waals surface area contributed by atoms with Crippen LogP contribution in [0.4, 0.5) is 0 Å². The molecule has 1 atom stereocenters. The highest BCUT2D eigenvalue weighted by molar-refractivity contribution is 7.90. The maximum Gasteiger partial charge on any atom is 0.147 e. The molecule has 0 aliphatic heterocycles. The Morgan fingerprint density at radius 2 is 1.87 bits per heavy atom. The minimum atomic E-state index is -2.85. The minimum absolute atomic E-state index is 0.0995. The van der Waals surface area contributed by atoms with Gasteiger partial charge in [-0.3, -0.25) is 0 Å². The smallest absolute Gasteiger partial charge is 0.147 e. The Morgan fingerprint density at radius 1 is 1.33 bits per heavy atom. The van der Waals surface area contributed by atoms with Crippen LogP contribution in [0.25, 0.3) is 0 Å². The summed E-state index contributed by atoms with van der Waals surface area (Å²) in [6.07, 6.45) is 4.23.